The number of nitrogen functional groups attached to an aromatic ring is 1. The highest BCUT2D eigenvalue weighted by Crippen LogP contribution is 2.20. The normalized spacial score (nSPS) is 18.8. The standard InChI is InChI=1S/C23H28N10/c1-32-10-12-33(13-11-32)23-28-21(25-18-9-5-8-17(24)14-18)27-22(29-23)26-20-15-19(30-31-20)16-6-3-2-4-7-16/h2-9,14-15,21,25H,10-13,24H2,1H3,(H3,26,27,28,29,30,31). The fraction of sp³-hybridized carbons (Fsp3) is 0.261. The molecule has 5 rings (SSSR count). The second-order valence-electron chi connectivity index (χ2n) is 8.15. The summed E-state index contributed by atoms with van der Waals surface area (Å²) in [4.78, 5) is 14.1. The minimum atomic E-state index is -0.502. The molecular weight excluding hydrogens is 416 g/mol. The fourth-order valence-corrected chi connectivity index (χ4v) is 3.79. The minimum Gasteiger partial charge on any atom is -0.399 e. The molecule has 0 saturated carbocycles. The van der Waals surface area contributed by atoms with Crippen LogP contribution in [0.2, 0.25) is 0 Å². The third kappa shape index (κ3) is 5.07. The Kier molecular flexibility index (Phi) is 5.81. The maximum atomic E-state index is 5.94. The molecule has 2 aromatic carbocycles. The van der Waals surface area contributed by atoms with Crippen LogP contribution in [0.5, 0.6) is 0 Å². The molecule has 1 unspecified atom stereocenters. The van der Waals surface area contributed by atoms with Crippen LogP contribution in [0, 0.1) is 0 Å². The van der Waals surface area contributed by atoms with Gasteiger partial charge >= 0.3 is 0 Å². The summed E-state index contributed by atoms with van der Waals surface area (Å²) in [5, 5.41) is 17.5. The van der Waals surface area contributed by atoms with Gasteiger partial charge in [-0.3, -0.25) is 10.4 Å². The molecular formula is C23H28N10. The molecule has 10 heteroatoms. The molecule has 3 aromatic rings. The number of aromatic nitrogens is 2. The number of hydrogen-bond acceptors (Lipinski definition) is 9. The smallest absolute Gasteiger partial charge is 0.221 e. The van der Waals surface area contributed by atoms with Crippen molar-refractivity contribution in [3.05, 3.63) is 60.7 Å². The third-order valence-corrected chi connectivity index (χ3v) is 5.62. The van der Waals surface area contributed by atoms with E-state index in [0.29, 0.717) is 17.5 Å². The molecule has 1 saturated heterocycles. The summed E-state index contributed by atoms with van der Waals surface area (Å²) in [6.45, 7) is 3.74. The fourth-order valence-electron chi connectivity index (χ4n) is 3.79. The van der Waals surface area contributed by atoms with Gasteiger partial charge in [0.1, 0.15) is 0 Å². The highest BCUT2D eigenvalue weighted by atomic mass is 15.4. The number of rotatable bonds is 4. The van der Waals surface area contributed by atoms with Crippen LogP contribution in [0.1, 0.15) is 0 Å². The maximum Gasteiger partial charge on any atom is 0.221 e. The van der Waals surface area contributed by atoms with E-state index in [1.807, 2.05) is 60.7 Å². The van der Waals surface area contributed by atoms with Gasteiger partial charge in [0, 0.05) is 43.6 Å². The highest BCUT2D eigenvalue weighted by Gasteiger charge is 2.24. The van der Waals surface area contributed by atoms with Gasteiger partial charge in [-0.1, -0.05) is 36.4 Å². The van der Waals surface area contributed by atoms with Gasteiger partial charge < -0.3 is 26.2 Å². The number of H-pyrrole nitrogens is 1. The molecule has 2 aliphatic rings. The van der Waals surface area contributed by atoms with Crippen molar-refractivity contribution in [2.75, 3.05) is 49.6 Å². The predicted octanol–water partition coefficient (Wildman–Crippen LogP) is 2.03. The molecule has 6 N–H and O–H groups in total. The van der Waals surface area contributed by atoms with Crippen LogP contribution in [0.4, 0.5) is 17.2 Å². The Morgan fingerprint density at radius 1 is 0.970 bits per heavy atom. The first-order chi connectivity index (χ1) is 16.1. The van der Waals surface area contributed by atoms with Crippen molar-refractivity contribution in [3.8, 4) is 11.3 Å². The number of nitrogens with zero attached hydrogens (tertiary/aromatic N) is 5. The van der Waals surface area contributed by atoms with Gasteiger partial charge in [-0.15, -0.1) is 0 Å². The predicted molar refractivity (Wildman–Crippen MR) is 133 cm³/mol. The Morgan fingerprint density at radius 3 is 2.58 bits per heavy atom. The molecule has 0 bridgehead atoms. The van der Waals surface area contributed by atoms with Crippen molar-refractivity contribution >= 4 is 29.1 Å². The summed E-state index contributed by atoms with van der Waals surface area (Å²) in [5.74, 6) is 2.02. The SMILES string of the molecule is CN1CCN(C2=NC(Nc3cccc(N)c3)N=C(Nc3cc(-c4ccccc4)[nH]n3)N2)CC1. The third-order valence-electron chi connectivity index (χ3n) is 5.62. The number of nitrogens with two attached hydrogens (primary N) is 1. The van der Waals surface area contributed by atoms with Crippen molar-refractivity contribution < 1.29 is 0 Å². The first-order valence-electron chi connectivity index (χ1n) is 11.0. The van der Waals surface area contributed by atoms with Crippen LogP contribution in [-0.4, -0.2) is 71.4 Å². The monoisotopic (exact) mass is 444 g/mol. The Bertz CT molecular complexity index is 1140. The molecule has 1 atom stereocenters. The molecule has 0 radical (unpaired) electrons. The number of nitrogens with one attached hydrogen (secondary N) is 4. The summed E-state index contributed by atoms with van der Waals surface area (Å²) >= 11 is 0. The summed E-state index contributed by atoms with van der Waals surface area (Å²) in [6.07, 6.45) is -0.502. The van der Waals surface area contributed by atoms with E-state index < -0.39 is 6.29 Å². The zero-order valence-corrected chi connectivity index (χ0v) is 18.5. The van der Waals surface area contributed by atoms with E-state index in [2.05, 4.69) is 43.0 Å². The van der Waals surface area contributed by atoms with E-state index in [-0.39, 0.29) is 0 Å². The Morgan fingerprint density at radius 2 is 1.79 bits per heavy atom. The van der Waals surface area contributed by atoms with Crippen molar-refractivity contribution in [2.24, 2.45) is 9.98 Å². The van der Waals surface area contributed by atoms with E-state index in [9.17, 15) is 0 Å². The lowest BCUT2D eigenvalue weighted by Crippen LogP contribution is -2.55. The van der Waals surface area contributed by atoms with Crippen molar-refractivity contribution in [3.63, 3.8) is 0 Å². The van der Waals surface area contributed by atoms with E-state index in [0.717, 1.165) is 49.1 Å². The molecule has 10 nitrogen and oxygen atoms in total. The number of benzene rings is 2. The molecule has 170 valence electrons. The molecule has 1 fully saturated rings. The summed E-state index contributed by atoms with van der Waals surface area (Å²) < 4.78 is 0. The Balaban J connectivity index is 1.36. The molecule has 0 amide bonds. The van der Waals surface area contributed by atoms with Crippen molar-refractivity contribution in [1.82, 2.24) is 25.3 Å². The second-order valence-corrected chi connectivity index (χ2v) is 8.15. The van der Waals surface area contributed by atoms with Crippen LogP contribution < -0.4 is 21.7 Å². The van der Waals surface area contributed by atoms with Crippen LogP contribution >= 0.6 is 0 Å². The zero-order chi connectivity index (χ0) is 22.6. The van der Waals surface area contributed by atoms with E-state index in [1.165, 1.54) is 0 Å². The minimum absolute atomic E-state index is 0.502. The summed E-state index contributed by atoms with van der Waals surface area (Å²) in [6, 6.07) is 19.6. The molecule has 3 heterocycles. The largest absolute Gasteiger partial charge is 0.399 e. The average molecular weight is 445 g/mol. The number of hydrogen-bond donors (Lipinski definition) is 5. The van der Waals surface area contributed by atoms with Gasteiger partial charge in [0.2, 0.25) is 18.2 Å². The number of anilines is 3. The number of aromatic amines is 1. The molecule has 2 aliphatic heterocycles. The van der Waals surface area contributed by atoms with Crippen LogP contribution in [0.25, 0.3) is 11.3 Å². The topological polar surface area (TPSA) is 122 Å². The molecule has 33 heavy (non-hydrogen) atoms. The number of aliphatic imine (C=N–C) groups is 2. The number of guanidine groups is 2. The van der Waals surface area contributed by atoms with Gasteiger partial charge in [0.15, 0.2) is 5.82 Å². The van der Waals surface area contributed by atoms with Gasteiger partial charge in [0.05, 0.1) is 5.69 Å². The summed E-state index contributed by atoms with van der Waals surface area (Å²) in [7, 11) is 2.13. The van der Waals surface area contributed by atoms with E-state index >= 15 is 0 Å². The average Bonchev–Trinajstić information content (AvgIpc) is 3.28. The highest BCUT2D eigenvalue weighted by molar-refractivity contribution is 6.06. The first kappa shape index (κ1) is 20.8. The van der Waals surface area contributed by atoms with Crippen LogP contribution in [0.3, 0.4) is 0 Å². The lowest BCUT2D eigenvalue weighted by Gasteiger charge is -2.36. The van der Waals surface area contributed by atoms with Crippen molar-refractivity contribution in [2.45, 2.75) is 6.29 Å². The molecule has 0 aliphatic carbocycles. The Labute approximate surface area is 192 Å². The summed E-state index contributed by atoms with van der Waals surface area (Å²) in [5.41, 5.74) is 9.48. The lowest BCUT2D eigenvalue weighted by molar-refractivity contribution is 0.212. The van der Waals surface area contributed by atoms with Gasteiger partial charge in [-0.05, 0) is 30.8 Å². The number of piperazine rings is 1. The second kappa shape index (κ2) is 9.21. The quantitative estimate of drug-likeness (QED) is 0.390. The zero-order valence-electron chi connectivity index (χ0n) is 18.5. The first-order valence-corrected chi connectivity index (χ1v) is 11.0. The maximum absolute atomic E-state index is 5.94. The molecule has 0 spiro atoms. The van der Waals surface area contributed by atoms with Crippen molar-refractivity contribution in [1.29, 1.82) is 0 Å². The van der Waals surface area contributed by atoms with Gasteiger partial charge in [-0.2, -0.15) is 5.10 Å². The van der Waals surface area contributed by atoms with E-state index in [1.54, 1.807) is 0 Å². The van der Waals surface area contributed by atoms with E-state index in [4.69, 9.17) is 15.7 Å². The van der Waals surface area contributed by atoms with Gasteiger partial charge in [0.25, 0.3) is 0 Å². The van der Waals surface area contributed by atoms with Gasteiger partial charge in [-0.25, -0.2) is 9.98 Å². The lowest BCUT2D eigenvalue weighted by atomic mass is 10.2. The van der Waals surface area contributed by atoms with Crippen LogP contribution in [0.15, 0.2) is 70.6 Å². The molecule has 1 aromatic heterocycles. The Hall–Kier alpha value is -4.05. The number of likely N-dealkylation sites (N-methyl/N-ethyl adjacent to an activating group) is 1. The van der Waals surface area contributed by atoms with Crippen LogP contribution in [-0.2, 0) is 0 Å².